The van der Waals surface area contributed by atoms with Crippen LogP contribution in [-0.4, -0.2) is 56.8 Å². The fourth-order valence-electron chi connectivity index (χ4n) is 3.04. The molecule has 1 amide bonds. The maximum Gasteiger partial charge on any atom is 0.257 e. The summed E-state index contributed by atoms with van der Waals surface area (Å²) in [4.78, 5) is 14.8. The van der Waals surface area contributed by atoms with Crippen molar-refractivity contribution in [3.8, 4) is 0 Å². The molecule has 0 saturated carbocycles. The van der Waals surface area contributed by atoms with E-state index < -0.39 is 15.9 Å². The second-order valence-electron chi connectivity index (χ2n) is 6.85. The van der Waals surface area contributed by atoms with Gasteiger partial charge in [-0.1, -0.05) is 30.7 Å². The van der Waals surface area contributed by atoms with Gasteiger partial charge < -0.3 is 10.2 Å². The Labute approximate surface area is 171 Å². The van der Waals surface area contributed by atoms with E-state index in [0.717, 1.165) is 12.0 Å². The summed E-state index contributed by atoms with van der Waals surface area (Å²) in [6.07, 6.45) is 0.909. The normalized spacial score (nSPS) is 16.1. The third-order valence-electron chi connectivity index (χ3n) is 4.90. The third-order valence-corrected chi connectivity index (χ3v) is 7.13. The summed E-state index contributed by atoms with van der Waals surface area (Å²) in [5.41, 5.74) is 1.93. The van der Waals surface area contributed by atoms with Crippen LogP contribution >= 0.6 is 11.6 Å². The molecule has 0 unspecified atom stereocenters. The fourth-order valence-corrected chi connectivity index (χ4v) is 4.69. The molecule has 1 aliphatic rings. The zero-order valence-corrected chi connectivity index (χ0v) is 17.6. The maximum atomic E-state index is 12.9. The molecule has 2 aromatic carbocycles. The van der Waals surface area contributed by atoms with Crippen molar-refractivity contribution in [3.05, 3.63) is 58.6 Å². The van der Waals surface area contributed by atoms with Crippen molar-refractivity contribution in [2.45, 2.75) is 18.2 Å². The van der Waals surface area contributed by atoms with E-state index in [4.69, 9.17) is 11.6 Å². The smallest absolute Gasteiger partial charge is 0.257 e. The highest BCUT2D eigenvalue weighted by Gasteiger charge is 2.28. The fraction of sp³-hybridized carbons (Fsp3) is 0.350. The molecule has 1 heterocycles. The van der Waals surface area contributed by atoms with Crippen molar-refractivity contribution in [2.24, 2.45) is 0 Å². The van der Waals surface area contributed by atoms with Crippen LogP contribution in [0.2, 0.25) is 5.02 Å². The van der Waals surface area contributed by atoms with Crippen LogP contribution in [-0.2, 0) is 16.4 Å². The molecular formula is C20H24ClN3O3S. The second-order valence-corrected chi connectivity index (χ2v) is 9.20. The molecule has 0 spiro atoms. The Morgan fingerprint density at radius 1 is 1.07 bits per heavy atom. The molecule has 1 fully saturated rings. The molecule has 1 saturated heterocycles. The lowest BCUT2D eigenvalue weighted by atomic mass is 10.1. The number of piperazine rings is 1. The third kappa shape index (κ3) is 4.55. The minimum atomic E-state index is -3.67. The van der Waals surface area contributed by atoms with Gasteiger partial charge in [0, 0.05) is 31.9 Å². The highest BCUT2D eigenvalue weighted by atomic mass is 35.5. The van der Waals surface area contributed by atoms with Gasteiger partial charge in [-0.2, -0.15) is 4.31 Å². The quantitative estimate of drug-likeness (QED) is 0.805. The van der Waals surface area contributed by atoms with Crippen molar-refractivity contribution in [2.75, 3.05) is 38.5 Å². The first-order valence-corrected chi connectivity index (χ1v) is 11.0. The van der Waals surface area contributed by atoms with Gasteiger partial charge in [-0.05, 0) is 49.4 Å². The minimum Gasteiger partial charge on any atom is -0.322 e. The molecule has 1 N–H and O–H groups in total. The molecule has 0 radical (unpaired) electrons. The molecule has 0 atom stereocenters. The number of hydrogen-bond acceptors (Lipinski definition) is 4. The van der Waals surface area contributed by atoms with Crippen molar-refractivity contribution < 1.29 is 13.2 Å². The Morgan fingerprint density at radius 3 is 2.32 bits per heavy atom. The molecule has 0 aromatic heterocycles. The number of sulfonamides is 1. The van der Waals surface area contributed by atoms with E-state index in [9.17, 15) is 13.2 Å². The molecule has 150 valence electrons. The average Bonchev–Trinajstić information content (AvgIpc) is 2.69. The molecule has 8 heteroatoms. The van der Waals surface area contributed by atoms with E-state index in [2.05, 4.69) is 17.1 Å². The predicted molar refractivity (Wildman–Crippen MR) is 111 cm³/mol. The lowest BCUT2D eigenvalue weighted by Crippen LogP contribution is -2.47. The second kappa shape index (κ2) is 8.61. The van der Waals surface area contributed by atoms with Crippen molar-refractivity contribution in [1.29, 1.82) is 0 Å². The van der Waals surface area contributed by atoms with E-state index in [1.807, 2.05) is 31.3 Å². The standard InChI is InChI=1S/C20H24ClN3O3S/c1-3-15-4-6-16(7-5-15)22-20(25)18-14-17(8-9-19(18)21)28(26,27)24-12-10-23(2)11-13-24/h4-9,14H,3,10-13H2,1-2H3,(H,22,25). The van der Waals surface area contributed by atoms with Gasteiger partial charge in [0.1, 0.15) is 0 Å². The molecule has 0 bridgehead atoms. The van der Waals surface area contributed by atoms with Gasteiger partial charge in [-0.25, -0.2) is 8.42 Å². The van der Waals surface area contributed by atoms with Crippen LogP contribution in [0.1, 0.15) is 22.8 Å². The number of amides is 1. The number of benzene rings is 2. The SMILES string of the molecule is CCc1ccc(NC(=O)c2cc(S(=O)(=O)N3CCN(C)CC3)ccc2Cl)cc1. The van der Waals surface area contributed by atoms with Crippen molar-refractivity contribution in [1.82, 2.24) is 9.21 Å². The summed E-state index contributed by atoms with van der Waals surface area (Å²) in [6, 6.07) is 11.8. The number of aryl methyl sites for hydroxylation is 1. The highest BCUT2D eigenvalue weighted by molar-refractivity contribution is 7.89. The number of hydrogen-bond donors (Lipinski definition) is 1. The van der Waals surface area contributed by atoms with Crippen LogP contribution in [0.25, 0.3) is 0 Å². The number of rotatable bonds is 5. The molecule has 28 heavy (non-hydrogen) atoms. The summed E-state index contributed by atoms with van der Waals surface area (Å²) in [5.74, 6) is -0.440. The molecule has 6 nitrogen and oxygen atoms in total. The van der Waals surface area contributed by atoms with Gasteiger partial charge in [0.05, 0.1) is 15.5 Å². The summed E-state index contributed by atoms with van der Waals surface area (Å²) in [5, 5.41) is 2.98. The maximum absolute atomic E-state index is 12.9. The van der Waals surface area contributed by atoms with Gasteiger partial charge in [-0.15, -0.1) is 0 Å². The van der Waals surface area contributed by atoms with Crippen LogP contribution in [0.4, 0.5) is 5.69 Å². The Morgan fingerprint density at radius 2 is 1.71 bits per heavy atom. The number of halogens is 1. The summed E-state index contributed by atoms with van der Waals surface area (Å²) in [6.45, 7) is 4.25. The monoisotopic (exact) mass is 421 g/mol. The van der Waals surface area contributed by atoms with E-state index in [1.54, 1.807) is 0 Å². The first kappa shape index (κ1) is 20.8. The lowest BCUT2D eigenvalue weighted by molar-refractivity contribution is 0.102. The van der Waals surface area contributed by atoms with Crippen LogP contribution in [0.3, 0.4) is 0 Å². The van der Waals surface area contributed by atoms with Gasteiger partial charge in [-0.3, -0.25) is 4.79 Å². The number of carbonyl (C=O) groups is 1. The first-order valence-electron chi connectivity index (χ1n) is 9.20. The number of anilines is 1. The van der Waals surface area contributed by atoms with Crippen LogP contribution in [0, 0.1) is 0 Å². The number of nitrogens with zero attached hydrogens (tertiary/aromatic N) is 2. The largest absolute Gasteiger partial charge is 0.322 e. The molecule has 3 rings (SSSR count). The van der Waals surface area contributed by atoms with E-state index in [0.29, 0.717) is 31.9 Å². The van der Waals surface area contributed by atoms with Gasteiger partial charge >= 0.3 is 0 Å². The van der Waals surface area contributed by atoms with E-state index in [-0.39, 0.29) is 15.5 Å². The molecule has 0 aliphatic carbocycles. The Hall–Kier alpha value is -1.93. The van der Waals surface area contributed by atoms with Crippen molar-refractivity contribution in [3.63, 3.8) is 0 Å². The van der Waals surface area contributed by atoms with Crippen LogP contribution < -0.4 is 5.32 Å². The number of carbonyl (C=O) groups excluding carboxylic acids is 1. The summed E-state index contributed by atoms with van der Waals surface area (Å²) in [7, 11) is -1.71. The van der Waals surface area contributed by atoms with E-state index >= 15 is 0 Å². The highest BCUT2D eigenvalue weighted by Crippen LogP contribution is 2.25. The van der Waals surface area contributed by atoms with Gasteiger partial charge in [0.15, 0.2) is 0 Å². The molecular weight excluding hydrogens is 398 g/mol. The van der Waals surface area contributed by atoms with Crippen LogP contribution in [0.5, 0.6) is 0 Å². The number of nitrogens with one attached hydrogen (secondary N) is 1. The topological polar surface area (TPSA) is 69.7 Å². The van der Waals surface area contributed by atoms with Gasteiger partial charge in [0.25, 0.3) is 5.91 Å². The van der Waals surface area contributed by atoms with E-state index in [1.165, 1.54) is 22.5 Å². The summed E-state index contributed by atoms with van der Waals surface area (Å²) < 4.78 is 27.3. The first-order chi connectivity index (χ1) is 13.3. The number of likely N-dealkylation sites (N-methyl/N-ethyl adjacent to an activating group) is 1. The zero-order valence-electron chi connectivity index (χ0n) is 16.0. The van der Waals surface area contributed by atoms with Crippen LogP contribution in [0.15, 0.2) is 47.4 Å². The molecule has 2 aromatic rings. The summed E-state index contributed by atoms with van der Waals surface area (Å²) >= 11 is 6.18. The molecule has 1 aliphatic heterocycles. The van der Waals surface area contributed by atoms with Crippen molar-refractivity contribution >= 4 is 33.2 Å². The Bertz CT molecular complexity index is 953. The average molecular weight is 422 g/mol. The Kier molecular flexibility index (Phi) is 6.40. The van der Waals surface area contributed by atoms with Gasteiger partial charge in [0.2, 0.25) is 10.0 Å². The minimum absolute atomic E-state index is 0.0768. The zero-order chi connectivity index (χ0) is 20.3. The lowest BCUT2D eigenvalue weighted by Gasteiger charge is -2.31. The predicted octanol–water partition coefficient (Wildman–Crippen LogP) is 3.09. The Balaban J connectivity index is 1.83.